The zero-order valence-corrected chi connectivity index (χ0v) is 17.0. The molecule has 30 heavy (non-hydrogen) atoms. The predicted octanol–water partition coefficient (Wildman–Crippen LogP) is 4.57. The monoisotopic (exact) mass is 403 g/mol. The molecule has 1 heterocycles. The molecule has 3 aromatic carbocycles. The van der Waals surface area contributed by atoms with Gasteiger partial charge < -0.3 is 19.5 Å². The lowest BCUT2D eigenvalue weighted by Gasteiger charge is -2.21. The number of amides is 1. The first kappa shape index (κ1) is 19.8. The van der Waals surface area contributed by atoms with E-state index < -0.39 is 0 Å². The number of rotatable bonds is 6. The third-order valence-electron chi connectivity index (χ3n) is 5.09. The summed E-state index contributed by atoms with van der Waals surface area (Å²) in [6.45, 7) is 1.27. The Kier molecular flexibility index (Phi) is 6.18. The number of carbonyl (C=O) groups excluding carboxylic acids is 1. The molecule has 1 aliphatic heterocycles. The molecule has 1 N–H and O–H groups in total. The van der Waals surface area contributed by atoms with Crippen LogP contribution in [0, 0.1) is 0 Å². The van der Waals surface area contributed by atoms with E-state index in [4.69, 9.17) is 14.2 Å². The van der Waals surface area contributed by atoms with E-state index in [0.29, 0.717) is 30.9 Å². The van der Waals surface area contributed by atoms with Crippen molar-refractivity contribution >= 4 is 5.91 Å². The number of methoxy groups -OCH3 is 1. The van der Waals surface area contributed by atoms with Crippen LogP contribution in [0.25, 0.3) is 0 Å². The summed E-state index contributed by atoms with van der Waals surface area (Å²) in [6, 6.07) is 22.9. The zero-order valence-electron chi connectivity index (χ0n) is 17.0. The van der Waals surface area contributed by atoms with E-state index in [1.807, 2.05) is 48.5 Å². The van der Waals surface area contributed by atoms with E-state index in [9.17, 15) is 4.79 Å². The fourth-order valence-electron chi connectivity index (χ4n) is 3.50. The second-order valence-electron chi connectivity index (χ2n) is 7.20. The Morgan fingerprint density at radius 2 is 1.77 bits per heavy atom. The summed E-state index contributed by atoms with van der Waals surface area (Å²) >= 11 is 0. The number of nitrogens with one attached hydrogen (secondary N) is 1. The molecule has 1 aliphatic rings. The third kappa shape index (κ3) is 4.74. The van der Waals surface area contributed by atoms with Crippen LogP contribution in [0.4, 0.5) is 0 Å². The minimum Gasteiger partial charge on any atom is -0.497 e. The van der Waals surface area contributed by atoms with Crippen molar-refractivity contribution in [2.45, 2.75) is 18.9 Å². The zero-order chi connectivity index (χ0) is 20.8. The molecule has 0 aliphatic carbocycles. The van der Waals surface area contributed by atoms with E-state index >= 15 is 0 Å². The highest BCUT2D eigenvalue weighted by molar-refractivity contribution is 5.94. The highest BCUT2D eigenvalue weighted by atomic mass is 16.5. The van der Waals surface area contributed by atoms with E-state index in [0.717, 1.165) is 29.0 Å². The van der Waals surface area contributed by atoms with Crippen molar-refractivity contribution in [3.05, 3.63) is 89.5 Å². The minimum atomic E-state index is -0.219. The van der Waals surface area contributed by atoms with Gasteiger partial charge in [0.05, 0.1) is 26.4 Å². The fourth-order valence-corrected chi connectivity index (χ4v) is 3.50. The van der Waals surface area contributed by atoms with E-state index in [1.54, 1.807) is 19.2 Å². The summed E-state index contributed by atoms with van der Waals surface area (Å²) in [5, 5.41) is 3.18. The van der Waals surface area contributed by atoms with Crippen LogP contribution in [-0.4, -0.2) is 26.2 Å². The molecular weight excluding hydrogens is 378 g/mol. The lowest BCUT2D eigenvalue weighted by molar-refractivity contribution is 0.0936. The van der Waals surface area contributed by atoms with Crippen LogP contribution in [0.15, 0.2) is 72.8 Å². The number of fused-ring (bicyclic) bond motifs is 1. The van der Waals surface area contributed by atoms with Gasteiger partial charge in [-0.25, -0.2) is 0 Å². The Morgan fingerprint density at radius 3 is 2.57 bits per heavy atom. The van der Waals surface area contributed by atoms with Gasteiger partial charge in [-0.1, -0.05) is 42.5 Å². The van der Waals surface area contributed by atoms with Gasteiger partial charge in [-0.3, -0.25) is 4.79 Å². The number of ether oxygens (including phenoxy) is 3. The summed E-state index contributed by atoms with van der Waals surface area (Å²) in [5.41, 5.74) is 2.67. The highest BCUT2D eigenvalue weighted by Crippen LogP contribution is 2.33. The largest absolute Gasteiger partial charge is 0.497 e. The maximum absolute atomic E-state index is 13.0. The molecular formula is C25H25NO4. The molecule has 0 spiro atoms. The molecule has 154 valence electrons. The van der Waals surface area contributed by atoms with Crippen LogP contribution in [0.2, 0.25) is 0 Å². The van der Waals surface area contributed by atoms with Gasteiger partial charge in [-0.05, 0) is 47.9 Å². The van der Waals surface area contributed by atoms with Crippen molar-refractivity contribution in [1.82, 2.24) is 5.32 Å². The number of hydrogen-bond acceptors (Lipinski definition) is 4. The van der Waals surface area contributed by atoms with Crippen molar-refractivity contribution in [2.24, 2.45) is 0 Å². The molecule has 5 heteroatoms. The predicted molar refractivity (Wildman–Crippen MR) is 115 cm³/mol. The van der Waals surface area contributed by atoms with Gasteiger partial charge in [0, 0.05) is 12.0 Å². The molecule has 0 aromatic heterocycles. The molecule has 4 rings (SSSR count). The molecule has 0 radical (unpaired) electrons. The molecule has 3 aromatic rings. The second kappa shape index (κ2) is 9.35. The number of benzene rings is 3. The first-order chi connectivity index (χ1) is 14.7. The molecule has 1 atom stereocenters. The van der Waals surface area contributed by atoms with Crippen LogP contribution in [0.3, 0.4) is 0 Å². The number of carbonyl (C=O) groups is 1. The lowest BCUT2D eigenvalue weighted by atomic mass is 9.98. The SMILES string of the molecule is COc1cccc(C(=O)N[C@@H](Cc2ccccc2)c2ccc3c(c2)OCCCO3)c1. The quantitative estimate of drug-likeness (QED) is 0.655. The van der Waals surface area contributed by atoms with Gasteiger partial charge in [0.1, 0.15) is 5.75 Å². The second-order valence-corrected chi connectivity index (χ2v) is 7.20. The van der Waals surface area contributed by atoms with Crippen molar-refractivity contribution in [3.8, 4) is 17.2 Å². The molecule has 1 amide bonds. The van der Waals surface area contributed by atoms with Crippen LogP contribution >= 0.6 is 0 Å². The van der Waals surface area contributed by atoms with Gasteiger partial charge >= 0.3 is 0 Å². The van der Waals surface area contributed by atoms with Crippen molar-refractivity contribution < 1.29 is 19.0 Å². The molecule has 0 unspecified atom stereocenters. The Hall–Kier alpha value is -3.47. The fraction of sp³-hybridized carbons (Fsp3) is 0.240. The highest BCUT2D eigenvalue weighted by Gasteiger charge is 2.20. The van der Waals surface area contributed by atoms with Crippen molar-refractivity contribution in [2.75, 3.05) is 20.3 Å². The molecule has 5 nitrogen and oxygen atoms in total. The Balaban J connectivity index is 1.62. The van der Waals surface area contributed by atoms with E-state index in [1.165, 1.54) is 0 Å². The topological polar surface area (TPSA) is 56.8 Å². The number of hydrogen-bond donors (Lipinski definition) is 1. The molecule has 0 saturated carbocycles. The summed E-state index contributed by atoms with van der Waals surface area (Å²) in [6.07, 6.45) is 1.51. The normalized spacial score (nSPS) is 13.8. The van der Waals surface area contributed by atoms with Crippen molar-refractivity contribution in [1.29, 1.82) is 0 Å². The molecule has 0 saturated heterocycles. The van der Waals surface area contributed by atoms with Crippen LogP contribution in [-0.2, 0) is 6.42 Å². The summed E-state index contributed by atoms with van der Waals surface area (Å²) < 4.78 is 16.9. The maximum atomic E-state index is 13.0. The molecule has 0 fully saturated rings. The van der Waals surface area contributed by atoms with Gasteiger partial charge in [-0.2, -0.15) is 0 Å². The average Bonchev–Trinajstić information content (AvgIpc) is 3.04. The van der Waals surface area contributed by atoms with Crippen LogP contribution < -0.4 is 19.5 Å². The maximum Gasteiger partial charge on any atom is 0.251 e. The van der Waals surface area contributed by atoms with Crippen LogP contribution in [0.1, 0.15) is 33.9 Å². The van der Waals surface area contributed by atoms with E-state index in [2.05, 4.69) is 17.4 Å². The Bertz CT molecular complexity index is 1000. The summed E-state index contributed by atoms with van der Waals surface area (Å²) in [5.74, 6) is 1.97. The van der Waals surface area contributed by atoms with Gasteiger partial charge in [0.15, 0.2) is 11.5 Å². The first-order valence-corrected chi connectivity index (χ1v) is 10.1. The third-order valence-corrected chi connectivity index (χ3v) is 5.09. The summed E-state index contributed by atoms with van der Waals surface area (Å²) in [7, 11) is 1.59. The van der Waals surface area contributed by atoms with Gasteiger partial charge in [0.25, 0.3) is 5.91 Å². The Labute approximate surface area is 176 Å². The minimum absolute atomic E-state index is 0.151. The summed E-state index contributed by atoms with van der Waals surface area (Å²) in [4.78, 5) is 13.0. The smallest absolute Gasteiger partial charge is 0.251 e. The Morgan fingerprint density at radius 1 is 0.967 bits per heavy atom. The van der Waals surface area contributed by atoms with Crippen molar-refractivity contribution in [3.63, 3.8) is 0 Å². The van der Waals surface area contributed by atoms with Gasteiger partial charge in [0.2, 0.25) is 0 Å². The standard InChI is InChI=1S/C25H25NO4/c1-28-21-10-5-9-20(16-21)25(27)26-22(15-18-7-3-2-4-8-18)19-11-12-23-24(17-19)30-14-6-13-29-23/h2-5,7-12,16-17,22H,6,13-15H2,1H3,(H,26,27)/t22-/m0/s1. The van der Waals surface area contributed by atoms with E-state index in [-0.39, 0.29) is 11.9 Å². The first-order valence-electron chi connectivity index (χ1n) is 10.1. The van der Waals surface area contributed by atoms with Crippen LogP contribution in [0.5, 0.6) is 17.2 Å². The average molecular weight is 403 g/mol. The lowest BCUT2D eigenvalue weighted by Crippen LogP contribution is -2.30. The van der Waals surface area contributed by atoms with Gasteiger partial charge in [-0.15, -0.1) is 0 Å². The molecule has 0 bridgehead atoms.